The maximum absolute atomic E-state index is 13.6. The van der Waals surface area contributed by atoms with Gasteiger partial charge in [-0.3, -0.25) is 9.69 Å². The van der Waals surface area contributed by atoms with Gasteiger partial charge in [-0.1, -0.05) is 83.4 Å². The van der Waals surface area contributed by atoms with Gasteiger partial charge in [-0.05, 0) is 77.9 Å². The fourth-order valence-electron chi connectivity index (χ4n) is 4.06. The van der Waals surface area contributed by atoms with Crippen molar-refractivity contribution < 1.29 is 14.3 Å². The molecule has 1 amide bonds. The van der Waals surface area contributed by atoms with Crippen molar-refractivity contribution in [3.05, 3.63) is 128 Å². The van der Waals surface area contributed by atoms with E-state index in [1.54, 1.807) is 24.1 Å². The van der Waals surface area contributed by atoms with Crippen LogP contribution in [0.15, 0.2) is 101 Å². The predicted octanol–water partition coefficient (Wildman–Crippen LogP) is 8.69. The minimum Gasteiger partial charge on any atom is -0.493 e. The van der Waals surface area contributed by atoms with E-state index < -0.39 is 0 Å². The maximum Gasteiger partial charge on any atom is 0.267 e. The summed E-state index contributed by atoms with van der Waals surface area (Å²) in [6.07, 6.45) is 1.86. The lowest BCUT2D eigenvalue weighted by molar-refractivity contribution is -0.122. The average Bonchev–Trinajstić information content (AvgIpc) is 3.24. The van der Waals surface area contributed by atoms with Crippen molar-refractivity contribution >= 4 is 57.8 Å². The van der Waals surface area contributed by atoms with Crippen LogP contribution in [0.2, 0.25) is 10.0 Å². The molecule has 5 nitrogen and oxygen atoms in total. The van der Waals surface area contributed by atoms with E-state index in [1.807, 2.05) is 91.9 Å². The highest BCUT2D eigenvalue weighted by Crippen LogP contribution is 2.37. The summed E-state index contributed by atoms with van der Waals surface area (Å²) >= 11 is 13.5. The number of aryl methyl sites for hydroxylation is 1. The van der Waals surface area contributed by atoms with E-state index in [1.165, 1.54) is 11.8 Å². The van der Waals surface area contributed by atoms with E-state index in [-0.39, 0.29) is 5.91 Å². The first-order valence-corrected chi connectivity index (χ1v) is 14.1. The van der Waals surface area contributed by atoms with Crippen LogP contribution in [0.1, 0.15) is 22.3 Å². The van der Waals surface area contributed by atoms with Crippen molar-refractivity contribution in [3.8, 4) is 11.5 Å². The van der Waals surface area contributed by atoms with E-state index in [2.05, 4.69) is 0 Å². The van der Waals surface area contributed by atoms with Gasteiger partial charge in [-0.25, -0.2) is 4.99 Å². The lowest BCUT2D eigenvalue weighted by Gasteiger charge is -2.15. The van der Waals surface area contributed by atoms with Gasteiger partial charge in [0.15, 0.2) is 16.7 Å². The molecule has 0 N–H and O–H groups in total. The Morgan fingerprint density at radius 3 is 2.38 bits per heavy atom. The average molecular weight is 590 g/mol. The number of hydrogen-bond acceptors (Lipinski definition) is 5. The lowest BCUT2D eigenvalue weighted by atomic mass is 10.1. The summed E-state index contributed by atoms with van der Waals surface area (Å²) < 4.78 is 11.6. The van der Waals surface area contributed by atoms with E-state index in [9.17, 15) is 4.79 Å². The molecule has 0 radical (unpaired) electrons. The van der Waals surface area contributed by atoms with Crippen LogP contribution in [0, 0.1) is 6.92 Å². The minimum absolute atomic E-state index is 0.0985. The number of nitrogens with zero attached hydrogens (tertiary/aromatic N) is 2. The highest BCUT2D eigenvalue weighted by atomic mass is 35.5. The Morgan fingerprint density at radius 1 is 0.875 bits per heavy atom. The van der Waals surface area contributed by atoms with E-state index in [0.29, 0.717) is 44.8 Å². The molecule has 4 aromatic carbocycles. The fraction of sp³-hybridized carbons (Fsp3) is 0.125. The molecule has 4 aromatic rings. The molecule has 0 bridgehead atoms. The number of ether oxygens (including phenoxy) is 2. The molecule has 0 atom stereocenters. The lowest BCUT2D eigenvalue weighted by Crippen LogP contribution is -2.28. The Bertz CT molecular complexity index is 1590. The molecule has 0 unspecified atom stereocenters. The van der Waals surface area contributed by atoms with Crippen LogP contribution in [0.4, 0.5) is 5.69 Å². The number of thioether (sulfide) groups is 1. The van der Waals surface area contributed by atoms with Crippen LogP contribution >= 0.6 is 35.0 Å². The van der Waals surface area contributed by atoms with Crippen LogP contribution < -0.4 is 9.47 Å². The zero-order valence-electron chi connectivity index (χ0n) is 21.9. The van der Waals surface area contributed by atoms with Crippen molar-refractivity contribution in [2.45, 2.75) is 20.1 Å². The molecule has 1 aliphatic heterocycles. The molecule has 5 rings (SSSR count). The molecule has 0 aromatic heterocycles. The normalized spacial score (nSPS) is 15.2. The molecule has 202 valence electrons. The third kappa shape index (κ3) is 6.70. The minimum atomic E-state index is -0.0985. The summed E-state index contributed by atoms with van der Waals surface area (Å²) in [7, 11) is 1.58. The zero-order chi connectivity index (χ0) is 28.1. The van der Waals surface area contributed by atoms with Crippen molar-refractivity contribution in [2.24, 2.45) is 4.99 Å². The quantitative estimate of drug-likeness (QED) is 0.193. The number of carbonyl (C=O) groups excluding carboxylic acids is 1. The number of aliphatic imine (C=N–C) groups is 1. The van der Waals surface area contributed by atoms with Gasteiger partial charge in [0.1, 0.15) is 6.61 Å². The van der Waals surface area contributed by atoms with E-state index in [0.717, 1.165) is 27.9 Å². The largest absolute Gasteiger partial charge is 0.493 e. The van der Waals surface area contributed by atoms with Gasteiger partial charge < -0.3 is 9.47 Å². The molecule has 0 spiro atoms. The van der Waals surface area contributed by atoms with Crippen LogP contribution in [-0.2, 0) is 17.9 Å². The van der Waals surface area contributed by atoms with Gasteiger partial charge in [-0.2, -0.15) is 0 Å². The van der Waals surface area contributed by atoms with Crippen LogP contribution in [0.3, 0.4) is 0 Å². The molecule has 1 aliphatic rings. The summed E-state index contributed by atoms with van der Waals surface area (Å²) in [4.78, 5) is 20.7. The summed E-state index contributed by atoms with van der Waals surface area (Å²) in [5, 5.41) is 1.61. The first-order valence-electron chi connectivity index (χ1n) is 12.5. The fourth-order valence-corrected chi connectivity index (χ4v) is 5.38. The van der Waals surface area contributed by atoms with Gasteiger partial charge in [0.25, 0.3) is 5.91 Å². The highest BCUT2D eigenvalue weighted by Gasteiger charge is 2.33. The van der Waals surface area contributed by atoms with Crippen molar-refractivity contribution in [1.82, 2.24) is 4.90 Å². The van der Waals surface area contributed by atoms with Crippen molar-refractivity contribution in [2.75, 3.05) is 7.11 Å². The topological polar surface area (TPSA) is 51.1 Å². The smallest absolute Gasteiger partial charge is 0.267 e. The van der Waals surface area contributed by atoms with E-state index >= 15 is 0 Å². The Balaban J connectivity index is 1.39. The Kier molecular flexibility index (Phi) is 8.80. The molecular weight excluding hydrogens is 563 g/mol. The number of carbonyl (C=O) groups is 1. The van der Waals surface area contributed by atoms with Gasteiger partial charge in [0.05, 0.1) is 34.3 Å². The maximum atomic E-state index is 13.6. The monoisotopic (exact) mass is 588 g/mol. The molecule has 8 heteroatoms. The van der Waals surface area contributed by atoms with Crippen LogP contribution in [-0.4, -0.2) is 23.1 Å². The van der Waals surface area contributed by atoms with Crippen molar-refractivity contribution in [3.63, 3.8) is 0 Å². The SMILES string of the molecule is COc1cc(/C=C2/SC(=Nc3ccc(C)cc3)N(Cc3ccccc3)C2=O)ccc1OCc1ccc(Cl)c(Cl)c1. The molecule has 0 saturated carbocycles. The van der Waals surface area contributed by atoms with Gasteiger partial charge in [0.2, 0.25) is 0 Å². The third-order valence-electron chi connectivity index (χ3n) is 6.19. The van der Waals surface area contributed by atoms with Gasteiger partial charge in [0, 0.05) is 0 Å². The highest BCUT2D eigenvalue weighted by molar-refractivity contribution is 8.18. The van der Waals surface area contributed by atoms with Crippen LogP contribution in [0.5, 0.6) is 11.5 Å². The first kappa shape index (κ1) is 27.8. The van der Waals surface area contributed by atoms with Crippen molar-refractivity contribution in [1.29, 1.82) is 0 Å². The first-order chi connectivity index (χ1) is 19.4. The molecule has 40 heavy (non-hydrogen) atoms. The Hall–Kier alpha value is -3.71. The standard InChI is InChI=1S/C32H26Cl2N2O3S/c1-21-8-12-25(13-9-21)35-32-36(19-22-6-4-3-5-7-22)31(37)30(40-32)18-23-11-15-28(29(17-23)38-2)39-20-24-10-14-26(33)27(34)16-24/h3-18H,19-20H2,1-2H3/b30-18+,35-32?. The van der Waals surface area contributed by atoms with Crippen LogP contribution in [0.25, 0.3) is 6.08 Å². The van der Waals surface area contributed by atoms with Gasteiger partial charge >= 0.3 is 0 Å². The zero-order valence-corrected chi connectivity index (χ0v) is 24.3. The molecular formula is C32H26Cl2N2O3S. The molecule has 1 heterocycles. The number of rotatable bonds is 8. The number of amidine groups is 1. The number of halogens is 2. The Labute approximate surface area is 248 Å². The third-order valence-corrected chi connectivity index (χ3v) is 7.94. The molecule has 0 aliphatic carbocycles. The number of methoxy groups -OCH3 is 1. The van der Waals surface area contributed by atoms with Gasteiger partial charge in [-0.15, -0.1) is 0 Å². The molecule has 1 fully saturated rings. The summed E-state index contributed by atoms with van der Waals surface area (Å²) in [6, 6.07) is 28.8. The second-order valence-electron chi connectivity index (χ2n) is 9.16. The summed E-state index contributed by atoms with van der Waals surface area (Å²) in [6.45, 7) is 2.76. The second kappa shape index (κ2) is 12.6. The summed E-state index contributed by atoms with van der Waals surface area (Å²) in [5.41, 5.74) is 4.67. The second-order valence-corrected chi connectivity index (χ2v) is 11.0. The Morgan fingerprint density at radius 2 is 1.65 bits per heavy atom. The van der Waals surface area contributed by atoms with E-state index in [4.69, 9.17) is 37.7 Å². The number of benzene rings is 4. The predicted molar refractivity (Wildman–Crippen MR) is 165 cm³/mol. The summed E-state index contributed by atoms with van der Waals surface area (Å²) in [5.74, 6) is 1.03. The number of hydrogen-bond donors (Lipinski definition) is 0. The molecule has 1 saturated heterocycles. The number of amides is 1.